The highest BCUT2D eigenvalue weighted by Gasteiger charge is 2.14. The molecule has 2 aromatic heterocycles. The summed E-state index contributed by atoms with van der Waals surface area (Å²) >= 11 is 0. The predicted octanol–water partition coefficient (Wildman–Crippen LogP) is 2.31. The Balaban J connectivity index is 1.89. The van der Waals surface area contributed by atoms with E-state index in [0.29, 0.717) is 5.69 Å². The van der Waals surface area contributed by atoms with Crippen molar-refractivity contribution in [2.24, 2.45) is 0 Å². The van der Waals surface area contributed by atoms with Gasteiger partial charge in [-0.2, -0.15) is 0 Å². The summed E-state index contributed by atoms with van der Waals surface area (Å²) in [6, 6.07) is 22.3. The van der Waals surface area contributed by atoms with Crippen LogP contribution in [0, 0.1) is 0 Å². The zero-order valence-electron chi connectivity index (χ0n) is 16.5. The number of fused-ring (bicyclic) bond motifs is 1. The molecule has 0 unspecified atom stereocenters. The van der Waals surface area contributed by atoms with Crippen LogP contribution in [0.2, 0.25) is 0 Å². The molecule has 0 atom stereocenters. The summed E-state index contributed by atoms with van der Waals surface area (Å²) < 4.78 is 0. The predicted molar refractivity (Wildman–Crippen MR) is 116 cm³/mol. The van der Waals surface area contributed by atoms with E-state index >= 15 is 0 Å². The van der Waals surface area contributed by atoms with Gasteiger partial charge < -0.3 is 16.2 Å². The van der Waals surface area contributed by atoms with Crippen molar-refractivity contribution in [2.75, 3.05) is 6.61 Å². The van der Waals surface area contributed by atoms with E-state index in [2.05, 4.69) is 58.5 Å². The fraction of sp³-hybridized carbons (Fsp3) is 0.125. The van der Waals surface area contributed by atoms with Crippen molar-refractivity contribution < 1.29 is 15.6 Å². The topological polar surface area (TPSA) is 103 Å². The van der Waals surface area contributed by atoms with Crippen molar-refractivity contribution in [1.82, 2.24) is 15.3 Å². The summed E-state index contributed by atoms with van der Waals surface area (Å²) in [5.74, 6) is -0.438. The molecule has 0 aliphatic heterocycles. The number of nitrogens with one attached hydrogen (secondary N) is 1. The second-order valence-electron chi connectivity index (χ2n) is 6.96. The molecule has 0 fully saturated rings. The van der Waals surface area contributed by atoms with Gasteiger partial charge in [-0.05, 0) is 17.7 Å². The van der Waals surface area contributed by atoms with Crippen LogP contribution in [0.5, 0.6) is 0 Å². The van der Waals surface area contributed by atoms with Crippen LogP contribution < -0.4 is 11.1 Å². The van der Waals surface area contributed by atoms with Gasteiger partial charge in [0.25, 0.3) is 0 Å². The molecular formula is C24H23N4O2+. The molecule has 4 rings (SSSR count). The average Bonchev–Trinajstić information content (AvgIpc) is 2.82. The summed E-state index contributed by atoms with van der Waals surface area (Å²) in [5.41, 5.74) is 10.6. The summed E-state index contributed by atoms with van der Waals surface area (Å²) in [5, 5.41) is 12.5. The van der Waals surface area contributed by atoms with Crippen molar-refractivity contribution >= 4 is 16.8 Å². The number of aliphatic hydroxyl groups excluding tert-OH is 1. The molecule has 0 saturated heterocycles. The lowest BCUT2D eigenvalue weighted by molar-refractivity contribution is -0.386. The molecule has 1 amide bonds. The monoisotopic (exact) mass is 399 g/mol. The highest BCUT2D eigenvalue weighted by Crippen LogP contribution is 2.34. The first-order valence-electron chi connectivity index (χ1n) is 9.79. The van der Waals surface area contributed by atoms with Crippen LogP contribution in [0.25, 0.3) is 33.3 Å². The standard InChI is InChI=1S/C24H22N4O2/c25-13-16-6-8-18(9-7-16)24-19(17-4-2-1-3-5-17)12-20-21(28-24)10-11-26-22(20)14-27-23(30)15-29/h1-12,29H,13-15,25H2,(H,27,30)/p+1. The van der Waals surface area contributed by atoms with E-state index in [1.54, 1.807) is 6.20 Å². The molecule has 0 aliphatic carbocycles. The van der Waals surface area contributed by atoms with Crippen molar-refractivity contribution in [1.29, 1.82) is 0 Å². The second-order valence-corrected chi connectivity index (χ2v) is 6.96. The van der Waals surface area contributed by atoms with E-state index in [1.807, 2.05) is 24.3 Å². The number of benzene rings is 2. The van der Waals surface area contributed by atoms with Crippen LogP contribution in [0.3, 0.4) is 0 Å². The maximum Gasteiger partial charge on any atom is 0.246 e. The smallest absolute Gasteiger partial charge is 0.246 e. The highest BCUT2D eigenvalue weighted by atomic mass is 16.3. The molecule has 5 N–H and O–H groups in total. The Morgan fingerprint density at radius 1 is 1.00 bits per heavy atom. The van der Waals surface area contributed by atoms with Gasteiger partial charge in [-0.25, -0.2) is 4.98 Å². The third-order valence-corrected chi connectivity index (χ3v) is 5.02. The van der Waals surface area contributed by atoms with Gasteiger partial charge >= 0.3 is 0 Å². The molecule has 0 spiro atoms. The van der Waals surface area contributed by atoms with Gasteiger partial charge in [0.15, 0.2) is 0 Å². The molecule has 0 aliphatic rings. The quantitative estimate of drug-likeness (QED) is 0.463. The number of rotatable bonds is 6. The Kier molecular flexibility index (Phi) is 5.79. The van der Waals surface area contributed by atoms with Crippen LogP contribution >= 0.6 is 0 Å². The SMILES string of the molecule is [NH3+]Cc1ccc(-c2nc3ccnc(CNC(=O)CO)c3cc2-c2ccccc2)cc1. The average molecular weight is 399 g/mol. The van der Waals surface area contributed by atoms with Gasteiger partial charge in [-0.15, -0.1) is 0 Å². The zero-order chi connectivity index (χ0) is 20.9. The van der Waals surface area contributed by atoms with Gasteiger partial charge in [0.05, 0.1) is 30.0 Å². The Labute approximate surface area is 174 Å². The summed E-state index contributed by atoms with van der Waals surface area (Å²) in [7, 11) is 0. The Hall–Kier alpha value is -3.61. The third-order valence-electron chi connectivity index (χ3n) is 5.02. The van der Waals surface area contributed by atoms with Crippen LogP contribution in [-0.2, 0) is 17.9 Å². The number of carbonyl (C=O) groups excluding carboxylic acids is 1. The Morgan fingerprint density at radius 3 is 2.47 bits per heavy atom. The number of pyridine rings is 2. The third kappa shape index (κ3) is 4.05. The lowest BCUT2D eigenvalue weighted by Gasteiger charge is -2.14. The van der Waals surface area contributed by atoms with E-state index in [4.69, 9.17) is 10.1 Å². The molecule has 30 heavy (non-hydrogen) atoms. The first-order valence-corrected chi connectivity index (χ1v) is 9.79. The fourth-order valence-corrected chi connectivity index (χ4v) is 3.42. The van der Waals surface area contributed by atoms with E-state index in [-0.39, 0.29) is 6.54 Å². The normalized spacial score (nSPS) is 10.9. The van der Waals surface area contributed by atoms with Crippen molar-refractivity contribution in [2.45, 2.75) is 13.1 Å². The molecule has 2 aromatic carbocycles. The molecule has 0 bridgehead atoms. The maximum absolute atomic E-state index is 11.5. The number of aliphatic hydroxyl groups is 1. The van der Waals surface area contributed by atoms with Crippen molar-refractivity contribution in [3.8, 4) is 22.4 Å². The number of hydrogen-bond acceptors (Lipinski definition) is 4. The molecule has 0 saturated carbocycles. The molecule has 6 heteroatoms. The minimum absolute atomic E-state index is 0.226. The van der Waals surface area contributed by atoms with E-state index < -0.39 is 12.5 Å². The van der Waals surface area contributed by atoms with E-state index in [1.165, 1.54) is 5.56 Å². The zero-order valence-corrected chi connectivity index (χ0v) is 16.5. The van der Waals surface area contributed by atoms with Gasteiger partial charge in [0, 0.05) is 28.3 Å². The van der Waals surface area contributed by atoms with Gasteiger partial charge in [-0.3, -0.25) is 9.78 Å². The first-order chi connectivity index (χ1) is 14.7. The lowest BCUT2D eigenvalue weighted by Crippen LogP contribution is -2.47. The summed E-state index contributed by atoms with van der Waals surface area (Å²) in [4.78, 5) is 20.9. The number of aromatic nitrogens is 2. The van der Waals surface area contributed by atoms with Crippen LogP contribution in [0.4, 0.5) is 0 Å². The lowest BCUT2D eigenvalue weighted by atomic mass is 9.96. The Morgan fingerprint density at radius 2 is 1.77 bits per heavy atom. The fourth-order valence-electron chi connectivity index (χ4n) is 3.42. The van der Waals surface area contributed by atoms with E-state index in [0.717, 1.165) is 39.8 Å². The first kappa shape index (κ1) is 19.7. The van der Waals surface area contributed by atoms with Crippen LogP contribution in [0.15, 0.2) is 72.9 Å². The number of quaternary nitrogens is 1. The van der Waals surface area contributed by atoms with Crippen LogP contribution in [-0.4, -0.2) is 27.6 Å². The number of hydrogen-bond donors (Lipinski definition) is 3. The molecular weight excluding hydrogens is 376 g/mol. The summed E-state index contributed by atoms with van der Waals surface area (Å²) in [6.07, 6.45) is 1.69. The van der Waals surface area contributed by atoms with Gasteiger partial charge in [-0.1, -0.05) is 54.6 Å². The highest BCUT2D eigenvalue weighted by molar-refractivity contribution is 5.92. The Bertz CT molecular complexity index is 1180. The molecule has 6 nitrogen and oxygen atoms in total. The number of nitrogens with zero attached hydrogens (tertiary/aromatic N) is 2. The molecule has 150 valence electrons. The number of amides is 1. The van der Waals surface area contributed by atoms with E-state index in [9.17, 15) is 4.79 Å². The molecule has 4 aromatic rings. The maximum atomic E-state index is 11.5. The largest absolute Gasteiger partial charge is 0.387 e. The summed E-state index contributed by atoms with van der Waals surface area (Å²) in [6.45, 7) is 0.418. The van der Waals surface area contributed by atoms with Gasteiger partial charge in [0.1, 0.15) is 6.61 Å². The molecule has 2 heterocycles. The van der Waals surface area contributed by atoms with Crippen LogP contribution in [0.1, 0.15) is 11.3 Å². The number of carbonyl (C=O) groups is 1. The molecule has 0 radical (unpaired) electrons. The van der Waals surface area contributed by atoms with Crippen molar-refractivity contribution in [3.63, 3.8) is 0 Å². The van der Waals surface area contributed by atoms with Crippen molar-refractivity contribution in [3.05, 3.63) is 84.2 Å². The minimum atomic E-state index is -0.550. The second kappa shape index (κ2) is 8.82. The minimum Gasteiger partial charge on any atom is -0.387 e. The van der Waals surface area contributed by atoms with Gasteiger partial charge in [0.2, 0.25) is 5.91 Å².